The molecular formula is C20H16N4O6S2. The molecule has 2 aromatic rings. The molecule has 0 aliphatic carbocycles. The van der Waals surface area contributed by atoms with E-state index in [9.17, 15) is 18.0 Å². The average Bonchev–Trinajstić information content (AvgIpc) is 3.34. The standard InChI is InChI=1S/C20H16N4O6S2/c1-22-10-14-7-18(24(12-14)32(27,28)17-3-2-5-23-11-17)15-4-6-31(13-15)29-19(25)8-16(9-21)20(26)30-31/h2-8,11-13,22H,10H2,1H3. The third-order valence-electron chi connectivity index (χ3n) is 4.46. The van der Waals surface area contributed by atoms with Crippen molar-refractivity contribution in [1.29, 1.82) is 5.26 Å². The van der Waals surface area contributed by atoms with Gasteiger partial charge in [-0.1, -0.05) is 10.6 Å². The second-order valence-electron chi connectivity index (χ2n) is 6.66. The van der Waals surface area contributed by atoms with E-state index in [2.05, 4.69) is 10.3 Å². The molecule has 0 amide bonds. The monoisotopic (exact) mass is 472 g/mol. The van der Waals surface area contributed by atoms with Crippen LogP contribution in [-0.4, -0.2) is 36.4 Å². The van der Waals surface area contributed by atoms with E-state index in [-0.39, 0.29) is 10.6 Å². The minimum absolute atomic E-state index is 0.00678. The number of nitrogens with zero attached hydrogens (tertiary/aromatic N) is 3. The zero-order valence-corrected chi connectivity index (χ0v) is 18.2. The maximum absolute atomic E-state index is 13.3. The molecule has 32 heavy (non-hydrogen) atoms. The number of nitriles is 1. The molecule has 0 bridgehead atoms. The SMILES string of the molecule is CNCc1cc(C2=CS3(C=C2)OC(=O)C=C(C#N)C(=O)O3)n(S(=O)(=O)c2cccnc2)c1. The Morgan fingerprint density at radius 3 is 2.81 bits per heavy atom. The lowest BCUT2D eigenvalue weighted by atomic mass is 10.2. The van der Waals surface area contributed by atoms with Crippen molar-refractivity contribution in [1.82, 2.24) is 14.3 Å². The molecule has 0 fully saturated rings. The van der Waals surface area contributed by atoms with Gasteiger partial charge in [0.2, 0.25) is 0 Å². The molecule has 4 rings (SSSR count). The van der Waals surface area contributed by atoms with Gasteiger partial charge in [0.15, 0.2) is 0 Å². The molecule has 0 radical (unpaired) electrons. The first-order valence-electron chi connectivity index (χ1n) is 9.12. The zero-order chi connectivity index (χ0) is 22.9. The Balaban J connectivity index is 1.80. The first-order chi connectivity index (χ1) is 15.3. The van der Waals surface area contributed by atoms with Gasteiger partial charge in [0.05, 0.1) is 17.2 Å². The zero-order valence-electron chi connectivity index (χ0n) is 16.6. The fourth-order valence-corrected chi connectivity index (χ4v) is 6.28. The minimum atomic E-state index is -4.00. The first-order valence-corrected chi connectivity index (χ1v) is 12.2. The highest BCUT2D eigenvalue weighted by Gasteiger charge is 2.35. The van der Waals surface area contributed by atoms with Crippen molar-refractivity contribution >= 4 is 38.1 Å². The Morgan fingerprint density at radius 2 is 2.12 bits per heavy atom. The van der Waals surface area contributed by atoms with Crippen molar-refractivity contribution in [3.8, 4) is 6.07 Å². The van der Waals surface area contributed by atoms with Crippen molar-refractivity contribution in [2.24, 2.45) is 0 Å². The van der Waals surface area contributed by atoms with Gasteiger partial charge in [-0.25, -0.2) is 22.0 Å². The van der Waals surface area contributed by atoms with Gasteiger partial charge in [-0.2, -0.15) is 5.26 Å². The number of rotatable bonds is 5. The predicted molar refractivity (Wildman–Crippen MR) is 115 cm³/mol. The molecule has 12 heteroatoms. The molecule has 1 atom stereocenters. The van der Waals surface area contributed by atoms with Gasteiger partial charge in [0.25, 0.3) is 10.0 Å². The van der Waals surface area contributed by atoms with Crippen molar-refractivity contribution in [3.05, 3.63) is 76.6 Å². The van der Waals surface area contributed by atoms with Crippen molar-refractivity contribution in [2.45, 2.75) is 11.4 Å². The number of allylic oxidation sites excluding steroid dienone is 2. The Bertz CT molecular complexity index is 1350. The summed E-state index contributed by atoms with van der Waals surface area (Å²) >= 11 is 0. The van der Waals surface area contributed by atoms with Crippen LogP contribution in [0.1, 0.15) is 11.3 Å². The Morgan fingerprint density at radius 1 is 1.31 bits per heavy atom. The summed E-state index contributed by atoms with van der Waals surface area (Å²) in [5.74, 6) is -1.90. The molecule has 0 aromatic carbocycles. The second-order valence-corrected chi connectivity index (χ2v) is 10.5. The maximum Gasteiger partial charge on any atom is 0.372 e. The van der Waals surface area contributed by atoms with E-state index in [0.717, 1.165) is 10.0 Å². The average molecular weight is 473 g/mol. The van der Waals surface area contributed by atoms with Gasteiger partial charge in [0.1, 0.15) is 16.5 Å². The van der Waals surface area contributed by atoms with Gasteiger partial charge >= 0.3 is 11.9 Å². The normalized spacial score (nSPS) is 22.2. The molecule has 1 N–H and O–H groups in total. The van der Waals surface area contributed by atoms with E-state index in [4.69, 9.17) is 13.6 Å². The lowest BCUT2D eigenvalue weighted by Crippen LogP contribution is -2.14. The molecule has 1 unspecified atom stereocenters. The second kappa shape index (κ2) is 8.12. The lowest BCUT2D eigenvalue weighted by molar-refractivity contribution is -0.129. The van der Waals surface area contributed by atoms with Crippen LogP contribution in [0.15, 0.2) is 70.2 Å². The first kappa shape index (κ1) is 21.6. The van der Waals surface area contributed by atoms with Crippen LogP contribution in [-0.2, 0) is 34.5 Å². The molecule has 4 heterocycles. The van der Waals surface area contributed by atoms with E-state index in [1.807, 2.05) is 0 Å². The molecule has 10 nitrogen and oxygen atoms in total. The summed E-state index contributed by atoms with van der Waals surface area (Å²) in [6.07, 6.45) is 6.47. The number of pyridine rings is 1. The highest BCUT2D eigenvalue weighted by molar-refractivity contribution is 8.31. The van der Waals surface area contributed by atoms with Crippen LogP contribution in [0, 0.1) is 11.3 Å². The van der Waals surface area contributed by atoms with E-state index >= 15 is 0 Å². The third-order valence-corrected chi connectivity index (χ3v) is 8.05. The van der Waals surface area contributed by atoms with Crippen molar-refractivity contribution < 1.29 is 26.4 Å². The Kier molecular flexibility index (Phi) is 5.47. The number of aromatic nitrogens is 2. The van der Waals surface area contributed by atoms with E-state index in [1.165, 1.54) is 47.6 Å². The summed E-state index contributed by atoms with van der Waals surface area (Å²) in [5.41, 5.74) is 0.859. The summed E-state index contributed by atoms with van der Waals surface area (Å²) in [6.45, 7) is 0.400. The van der Waals surface area contributed by atoms with E-state index < -0.39 is 38.1 Å². The summed E-state index contributed by atoms with van der Waals surface area (Å²) < 4.78 is 38.3. The molecule has 0 saturated carbocycles. The molecule has 2 aliphatic heterocycles. The summed E-state index contributed by atoms with van der Waals surface area (Å²) in [4.78, 5) is 28.1. The van der Waals surface area contributed by atoms with Crippen LogP contribution < -0.4 is 5.32 Å². The molecule has 2 aromatic heterocycles. The van der Waals surface area contributed by atoms with Crippen LogP contribution in [0.25, 0.3) is 5.57 Å². The number of carbonyl (C=O) groups excluding carboxylic acids is 2. The largest absolute Gasteiger partial charge is 0.372 e. The molecule has 0 saturated heterocycles. The number of nitrogens with one attached hydrogen (secondary N) is 1. The highest BCUT2D eigenvalue weighted by atomic mass is 32.3. The van der Waals surface area contributed by atoms with Crippen LogP contribution in [0.2, 0.25) is 0 Å². The van der Waals surface area contributed by atoms with Gasteiger partial charge in [-0.05, 0) is 36.9 Å². The highest BCUT2D eigenvalue weighted by Crippen LogP contribution is 2.60. The smallest absolute Gasteiger partial charge is 0.332 e. The topological polar surface area (TPSA) is 140 Å². The van der Waals surface area contributed by atoms with Gasteiger partial charge < -0.3 is 13.7 Å². The lowest BCUT2D eigenvalue weighted by Gasteiger charge is -2.31. The van der Waals surface area contributed by atoms with Crippen LogP contribution in [0.5, 0.6) is 0 Å². The van der Waals surface area contributed by atoms with Crippen molar-refractivity contribution in [3.63, 3.8) is 0 Å². The minimum Gasteiger partial charge on any atom is -0.332 e. The number of hydrogen-bond acceptors (Lipinski definition) is 9. The number of carbonyl (C=O) groups is 2. The van der Waals surface area contributed by atoms with E-state index in [1.54, 1.807) is 19.2 Å². The van der Waals surface area contributed by atoms with Crippen LogP contribution >= 0.6 is 10.6 Å². The fraction of sp³-hybridized carbons (Fsp3) is 0.100. The summed E-state index contributed by atoms with van der Waals surface area (Å²) in [7, 11) is -5.22. The molecule has 1 spiro atoms. The quantitative estimate of drug-likeness (QED) is 0.690. The third kappa shape index (κ3) is 3.84. The van der Waals surface area contributed by atoms with Crippen LogP contribution in [0.3, 0.4) is 0 Å². The van der Waals surface area contributed by atoms with Gasteiger partial charge in [-0.15, -0.1) is 0 Å². The molecule has 2 aliphatic rings. The Labute approximate surface area is 185 Å². The Hall–Kier alpha value is -3.66. The fourth-order valence-electron chi connectivity index (χ4n) is 3.08. The van der Waals surface area contributed by atoms with E-state index in [0.29, 0.717) is 17.7 Å². The molecule has 164 valence electrons. The van der Waals surface area contributed by atoms with Crippen molar-refractivity contribution in [2.75, 3.05) is 7.05 Å². The predicted octanol–water partition coefficient (Wildman–Crippen LogP) is 1.89. The summed E-state index contributed by atoms with van der Waals surface area (Å²) in [6, 6.07) is 6.21. The van der Waals surface area contributed by atoms with Crippen LogP contribution in [0.4, 0.5) is 0 Å². The maximum atomic E-state index is 13.3. The van der Waals surface area contributed by atoms with Gasteiger partial charge in [0, 0.05) is 36.1 Å². The number of hydrogen-bond donors (Lipinski definition) is 1. The molecular weight excluding hydrogens is 456 g/mol. The summed E-state index contributed by atoms with van der Waals surface area (Å²) in [5, 5.41) is 14.8. The van der Waals surface area contributed by atoms with Gasteiger partial charge in [-0.3, -0.25) is 4.98 Å².